The maximum absolute atomic E-state index is 11.8. The number of hydrogen-bond acceptors (Lipinski definition) is 3. The predicted molar refractivity (Wildman–Crippen MR) is 64.9 cm³/mol. The fourth-order valence-corrected chi connectivity index (χ4v) is 2.26. The average molecular weight is 242 g/mol. The molecular formula is C14H14N2O2. The minimum atomic E-state index is -0.745. The van der Waals surface area contributed by atoms with Crippen LogP contribution in [0.3, 0.4) is 0 Å². The van der Waals surface area contributed by atoms with Gasteiger partial charge in [-0.05, 0) is 24.5 Å². The highest BCUT2D eigenvalue weighted by molar-refractivity contribution is 5.88. The maximum Gasteiger partial charge on any atom is 0.240 e. The molecule has 18 heavy (non-hydrogen) atoms. The Morgan fingerprint density at radius 2 is 2.28 bits per heavy atom. The predicted octanol–water partition coefficient (Wildman–Crippen LogP) is 1.41. The fraction of sp³-hybridized carbons (Fsp3) is 0.429. The third-order valence-corrected chi connectivity index (χ3v) is 3.60. The van der Waals surface area contributed by atoms with E-state index < -0.39 is 5.41 Å². The highest BCUT2D eigenvalue weighted by atomic mass is 16.5. The lowest BCUT2D eigenvalue weighted by atomic mass is 10.1. The number of benzene rings is 1. The molecule has 1 unspecified atom stereocenters. The Morgan fingerprint density at radius 1 is 1.50 bits per heavy atom. The molecule has 1 aromatic rings. The summed E-state index contributed by atoms with van der Waals surface area (Å²) in [4.78, 5) is 11.8. The van der Waals surface area contributed by atoms with Gasteiger partial charge in [0.2, 0.25) is 5.91 Å². The molecule has 1 fully saturated rings. The van der Waals surface area contributed by atoms with Gasteiger partial charge in [-0.3, -0.25) is 4.79 Å². The molecule has 4 heteroatoms. The number of ether oxygens (including phenoxy) is 1. The summed E-state index contributed by atoms with van der Waals surface area (Å²) in [7, 11) is 0. The van der Waals surface area contributed by atoms with Gasteiger partial charge < -0.3 is 10.1 Å². The maximum atomic E-state index is 11.8. The molecule has 1 amide bonds. The third kappa shape index (κ3) is 1.82. The number of amides is 1. The quantitative estimate of drug-likeness (QED) is 0.871. The smallest absolute Gasteiger partial charge is 0.240 e. The molecule has 0 aromatic heterocycles. The molecule has 1 aliphatic heterocycles. The van der Waals surface area contributed by atoms with Crippen LogP contribution in [0.25, 0.3) is 0 Å². The zero-order chi connectivity index (χ0) is 12.6. The topological polar surface area (TPSA) is 62.1 Å². The van der Waals surface area contributed by atoms with Crippen LogP contribution >= 0.6 is 0 Å². The van der Waals surface area contributed by atoms with Crippen LogP contribution in [0.5, 0.6) is 5.75 Å². The number of nitriles is 1. The second-order valence-corrected chi connectivity index (χ2v) is 4.96. The first-order valence-electron chi connectivity index (χ1n) is 6.18. The summed E-state index contributed by atoms with van der Waals surface area (Å²) >= 11 is 0. The van der Waals surface area contributed by atoms with Gasteiger partial charge in [-0.25, -0.2) is 0 Å². The summed E-state index contributed by atoms with van der Waals surface area (Å²) in [6, 6.07) is 9.99. The van der Waals surface area contributed by atoms with Gasteiger partial charge in [0, 0.05) is 6.42 Å². The van der Waals surface area contributed by atoms with Crippen LogP contribution in [0.15, 0.2) is 24.3 Å². The summed E-state index contributed by atoms with van der Waals surface area (Å²) in [6.45, 7) is 0.469. The first-order valence-corrected chi connectivity index (χ1v) is 6.18. The largest absolute Gasteiger partial charge is 0.488 e. The van der Waals surface area contributed by atoms with E-state index in [1.54, 1.807) is 0 Å². The molecular weight excluding hydrogens is 228 g/mol. The second-order valence-electron chi connectivity index (χ2n) is 4.96. The molecule has 3 rings (SSSR count). The lowest BCUT2D eigenvalue weighted by Gasteiger charge is -2.13. The van der Waals surface area contributed by atoms with Gasteiger partial charge in [-0.2, -0.15) is 5.26 Å². The number of fused-ring (bicyclic) bond motifs is 1. The molecule has 1 aliphatic carbocycles. The van der Waals surface area contributed by atoms with Crippen molar-refractivity contribution in [3.8, 4) is 11.8 Å². The Hall–Kier alpha value is -2.02. The van der Waals surface area contributed by atoms with Crippen LogP contribution in [0.4, 0.5) is 0 Å². The monoisotopic (exact) mass is 242 g/mol. The molecule has 0 bridgehead atoms. The highest BCUT2D eigenvalue weighted by Gasteiger charge is 2.50. The van der Waals surface area contributed by atoms with Crippen molar-refractivity contribution in [2.75, 3.05) is 6.54 Å². The molecule has 1 heterocycles. The van der Waals surface area contributed by atoms with Gasteiger partial charge in [0.1, 0.15) is 17.3 Å². The Bertz CT molecular complexity index is 504. The summed E-state index contributed by atoms with van der Waals surface area (Å²) in [6.07, 6.45) is 2.17. The SMILES string of the molecule is N#CC1(C(=O)NCC2Cc3ccccc3O2)CC1. The van der Waals surface area contributed by atoms with Crippen molar-refractivity contribution >= 4 is 5.91 Å². The fourth-order valence-electron chi connectivity index (χ4n) is 2.26. The average Bonchev–Trinajstić information content (AvgIpc) is 3.09. The van der Waals surface area contributed by atoms with E-state index in [-0.39, 0.29) is 12.0 Å². The molecule has 1 aromatic carbocycles. The normalized spacial score (nSPS) is 22.5. The second kappa shape index (κ2) is 4.02. The van der Waals surface area contributed by atoms with E-state index in [1.807, 2.05) is 24.3 Å². The van der Waals surface area contributed by atoms with Gasteiger partial charge in [-0.1, -0.05) is 18.2 Å². The molecule has 1 saturated carbocycles. The van der Waals surface area contributed by atoms with Crippen LogP contribution < -0.4 is 10.1 Å². The molecule has 2 aliphatic rings. The number of nitrogens with one attached hydrogen (secondary N) is 1. The summed E-state index contributed by atoms with van der Waals surface area (Å²) in [5.74, 6) is 0.753. The van der Waals surface area contributed by atoms with E-state index >= 15 is 0 Å². The van der Waals surface area contributed by atoms with Crippen molar-refractivity contribution in [3.63, 3.8) is 0 Å². The zero-order valence-electron chi connectivity index (χ0n) is 9.98. The molecule has 92 valence electrons. The minimum absolute atomic E-state index is 0.0131. The van der Waals surface area contributed by atoms with E-state index in [0.717, 1.165) is 12.2 Å². The summed E-state index contributed by atoms with van der Waals surface area (Å²) in [5.41, 5.74) is 0.434. The number of nitrogens with zero attached hydrogens (tertiary/aromatic N) is 1. The first-order chi connectivity index (χ1) is 8.73. The summed E-state index contributed by atoms with van der Waals surface area (Å²) in [5, 5.41) is 11.7. The number of hydrogen-bond donors (Lipinski definition) is 1. The molecule has 4 nitrogen and oxygen atoms in total. The van der Waals surface area contributed by atoms with Crippen LogP contribution in [-0.4, -0.2) is 18.6 Å². The minimum Gasteiger partial charge on any atom is -0.488 e. The van der Waals surface area contributed by atoms with Crippen molar-refractivity contribution in [3.05, 3.63) is 29.8 Å². The Kier molecular flexibility index (Phi) is 2.48. The lowest BCUT2D eigenvalue weighted by Crippen LogP contribution is -2.38. The Morgan fingerprint density at radius 3 is 2.94 bits per heavy atom. The van der Waals surface area contributed by atoms with Crippen LogP contribution in [0.2, 0.25) is 0 Å². The van der Waals surface area contributed by atoms with E-state index in [1.165, 1.54) is 5.56 Å². The van der Waals surface area contributed by atoms with Crippen molar-refractivity contribution in [2.45, 2.75) is 25.4 Å². The van der Waals surface area contributed by atoms with Crippen molar-refractivity contribution in [1.29, 1.82) is 5.26 Å². The first kappa shape index (κ1) is 11.1. The molecule has 0 radical (unpaired) electrons. The third-order valence-electron chi connectivity index (χ3n) is 3.60. The van der Waals surface area contributed by atoms with Crippen molar-refractivity contribution < 1.29 is 9.53 Å². The molecule has 1 N–H and O–H groups in total. The number of carbonyl (C=O) groups is 1. The standard InChI is InChI=1S/C14H14N2O2/c15-9-14(5-6-14)13(17)16-8-11-7-10-3-1-2-4-12(10)18-11/h1-4,11H,5-8H2,(H,16,17). The number of para-hydroxylation sites is 1. The highest BCUT2D eigenvalue weighted by Crippen LogP contribution is 2.45. The van der Waals surface area contributed by atoms with Crippen LogP contribution in [0, 0.1) is 16.7 Å². The van der Waals surface area contributed by atoms with Gasteiger partial charge in [0.05, 0.1) is 12.6 Å². The van der Waals surface area contributed by atoms with E-state index in [4.69, 9.17) is 10.00 Å². The Balaban J connectivity index is 1.55. The zero-order valence-corrected chi connectivity index (χ0v) is 9.98. The van der Waals surface area contributed by atoms with Crippen molar-refractivity contribution in [1.82, 2.24) is 5.32 Å². The van der Waals surface area contributed by atoms with Gasteiger partial charge >= 0.3 is 0 Å². The molecule has 0 saturated heterocycles. The van der Waals surface area contributed by atoms with Crippen LogP contribution in [0.1, 0.15) is 18.4 Å². The molecule has 1 atom stereocenters. The van der Waals surface area contributed by atoms with E-state index in [2.05, 4.69) is 11.4 Å². The van der Waals surface area contributed by atoms with Gasteiger partial charge in [0.15, 0.2) is 0 Å². The van der Waals surface area contributed by atoms with Gasteiger partial charge in [0.25, 0.3) is 0 Å². The summed E-state index contributed by atoms with van der Waals surface area (Å²) < 4.78 is 5.73. The van der Waals surface area contributed by atoms with Crippen LogP contribution in [-0.2, 0) is 11.2 Å². The Labute approximate surface area is 106 Å². The number of carbonyl (C=O) groups excluding carboxylic acids is 1. The van der Waals surface area contributed by atoms with Gasteiger partial charge in [-0.15, -0.1) is 0 Å². The molecule has 0 spiro atoms. The number of rotatable bonds is 3. The van der Waals surface area contributed by atoms with E-state index in [0.29, 0.717) is 19.4 Å². The van der Waals surface area contributed by atoms with Crippen molar-refractivity contribution in [2.24, 2.45) is 5.41 Å². The lowest BCUT2D eigenvalue weighted by molar-refractivity contribution is -0.124. The van der Waals surface area contributed by atoms with E-state index in [9.17, 15) is 4.79 Å².